The highest BCUT2D eigenvalue weighted by Crippen LogP contribution is 2.36. The van der Waals surface area contributed by atoms with Gasteiger partial charge in [0.2, 0.25) is 5.91 Å². The lowest BCUT2D eigenvalue weighted by atomic mass is 9.90. The van der Waals surface area contributed by atoms with Crippen LogP contribution in [0.1, 0.15) is 47.5 Å². The maximum Gasteiger partial charge on any atom is 0.283 e. The van der Waals surface area contributed by atoms with Crippen molar-refractivity contribution in [3.8, 4) is 17.2 Å². The number of aromatic nitrogens is 3. The SMILES string of the molecule is CC(c1cc(S(=O)(=O)NC(=O)Cc2c(-c3ccnc(C#N)c3)cc(F)c3c2CCC3)nn1C)N(C)C. The highest BCUT2D eigenvalue weighted by molar-refractivity contribution is 7.90. The smallest absolute Gasteiger partial charge is 0.283 e. The molecule has 1 unspecified atom stereocenters. The molecule has 188 valence electrons. The number of hydrogen-bond acceptors (Lipinski definition) is 7. The van der Waals surface area contributed by atoms with Crippen molar-refractivity contribution in [1.82, 2.24) is 24.4 Å². The van der Waals surface area contributed by atoms with Gasteiger partial charge in [0.15, 0.2) is 5.03 Å². The van der Waals surface area contributed by atoms with Crippen LogP contribution >= 0.6 is 0 Å². The number of hydrogen-bond donors (Lipinski definition) is 1. The number of pyridine rings is 1. The number of nitrogens with one attached hydrogen (secondary N) is 1. The Bertz CT molecular complexity index is 1490. The van der Waals surface area contributed by atoms with Crippen LogP contribution in [0.5, 0.6) is 0 Å². The van der Waals surface area contributed by atoms with Gasteiger partial charge in [0.1, 0.15) is 17.6 Å². The van der Waals surface area contributed by atoms with E-state index in [1.54, 1.807) is 13.1 Å². The average molecular weight is 511 g/mol. The molecule has 4 rings (SSSR count). The summed E-state index contributed by atoms with van der Waals surface area (Å²) in [4.78, 5) is 18.9. The number of sulfonamides is 1. The minimum absolute atomic E-state index is 0.0924. The van der Waals surface area contributed by atoms with Gasteiger partial charge < -0.3 is 4.90 Å². The molecular weight excluding hydrogens is 483 g/mol. The van der Waals surface area contributed by atoms with E-state index >= 15 is 0 Å². The van der Waals surface area contributed by atoms with Gasteiger partial charge >= 0.3 is 0 Å². The minimum atomic E-state index is -4.23. The second-order valence-electron chi connectivity index (χ2n) is 9.11. The predicted molar refractivity (Wildman–Crippen MR) is 131 cm³/mol. The van der Waals surface area contributed by atoms with E-state index in [1.165, 1.54) is 29.1 Å². The molecule has 0 fully saturated rings. The third-order valence-corrected chi connectivity index (χ3v) is 7.86. The Labute approximate surface area is 209 Å². The Kier molecular flexibility index (Phi) is 6.93. The van der Waals surface area contributed by atoms with E-state index < -0.39 is 15.9 Å². The van der Waals surface area contributed by atoms with E-state index in [2.05, 4.69) is 14.8 Å². The van der Waals surface area contributed by atoms with Crippen LogP contribution in [-0.4, -0.2) is 48.1 Å². The zero-order chi connectivity index (χ0) is 26.2. The highest BCUT2D eigenvalue weighted by atomic mass is 32.2. The van der Waals surface area contributed by atoms with Crippen LogP contribution in [0.25, 0.3) is 11.1 Å². The third-order valence-electron chi connectivity index (χ3n) is 6.61. The van der Waals surface area contributed by atoms with Gasteiger partial charge in [-0.2, -0.15) is 18.8 Å². The zero-order valence-electron chi connectivity index (χ0n) is 20.5. The number of nitriles is 1. The number of carbonyl (C=O) groups is 1. The maximum atomic E-state index is 14.9. The van der Waals surface area contributed by atoms with Crippen molar-refractivity contribution in [1.29, 1.82) is 5.26 Å². The Balaban J connectivity index is 1.67. The summed E-state index contributed by atoms with van der Waals surface area (Å²) in [5.41, 5.74) is 3.63. The quantitative estimate of drug-likeness (QED) is 0.519. The highest BCUT2D eigenvalue weighted by Gasteiger charge is 2.28. The first kappa shape index (κ1) is 25.5. The second-order valence-corrected chi connectivity index (χ2v) is 10.7. The Morgan fingerprint density at radius 2 is 2.00 bits per heavy atom. The van der Waals surface area contributed by atoms with Crippen LogP contribution in [0.15, 0.2) is 35.5 Å². The molecule has 1 N–H and O–H groups in total. The van der Waals surface area contributed by atoms with Crippen LogP contribution in [0.2, 0.25) is 0 Å². The van der Waals surface area contributed by atoms with E-state index in [9.17, 15) is 22.9 Å². The molecule has 11 heteroatoms. The summed E-state index contributed by atoms with van der Waals surface area (Å²) >= 11 is 0. The summed E-state index contributed by atoms with van der Waals surface area (Å²) in [6.45, 7) is 1.92. The van der Waals surface area contributed by atoms with E-state index in [1.807, 2.05) is 32.0 Å². The van der Waals surface area contributed by atoms with Gasteiger partial charge in [-0.05, 0) is 86.3 Å². The summed E-state index contributed by atoms with van der Waals surface area (Å²) in [5, 5.41) is 13.1. The normalized spacial score (nSPS) is 13.9. The molecule has 0 spiro atoms. The molecular formula is C25H27FN6O3S. The molecule has 1 aliphatic rings. The fraction of sp³-hybridized carbons (Fsp3) is 0.360. The van der Waals surface area contributed by atoms with E-state index in [0.717, 1.165) is 6.42 Å². The molecule has 1 amide bonds. The number of nitrogens with zero attached hydrogens (tertiary/aromatic N) is 5. The summed E-state index contributed by atoms with van der Waals surface area (Å²) in [6.07, 6.45) is 3.05. The number of rotatable bonds is 7. The van der Waals surface area contributed by atoms with Gasteiger partial charge in [0.25, 0.3) is 10.0 Å². The van der Waals surface area contributed by atoms with E-state index in [0.29, 0.717) is 46.4 Å². The van der Waals surface area contributed by atoms with Crippen LogP contribution in [-0.2, 0) is 41.1 Å². The fourth-order valence-electron chi connectivity index (χ4n) is 4.56. The van der Waals surface area contributed by atoms with Gasteiger partial charge in [-0.15, -0.1) is 0 Å². The molecule has 1 aromatic carbocycles. The molecule has 3 aromatic rings. The molecule has 0 saturated carbocycles. The van der Waals surface area contributed by atoms with Gasteiger partial charge in [0, 0.05) is 25.4 Å². The summed E-state index contributed by atoms with van der Waals surface area (Å²) in [5.74, 6) is -1.12. The van der Waals surface area contributed by atoms with Crippen molar-refractivity contribution in [2.24, 2.45) is 7.05 Å². The third kappa shape index (κ3) is 4.87. The largest absolute Gasteiger partial charge is 0.301 e. The van der Waals surface area contributed by atoms with Crippen molar-refractivity contribution < 1.29 is 17.6 Å². The van der Waals surface area contributed by atoms with Crippen molar-refractivity contribution in [3.63, 3.8) is 0 Å². The zero-order valence-corrected chi connectivity index (χ0v) is 21.4. The van der Waals surface area contributed by atoms with Gasteiger partial charge in [-0.1, -0.05) is 0 Å². The summed E-state index contributed by atoms with van der Waals surface area (Å²) < 4.78 is 44.5. The molecule has 2 heterocycles. The first-order valence-electron chi connectivity index (χ1n) is 11.5. The van der Waals surface area contributed by atoms with Crippen LogP contribution < -0.4 is 4.72 Å². The number of amides is 1. The lowest BCUT2D eigenvalue weighted by Crippen LogP contribution is -2.32. The lowest BCUT2D eigenvalue weighted by molar-refractivity contribution is -0.118. The molecule has 2 aromatic heterocycles. The topological polar surface area (TPSA) is 121 Å². The van der Waals surface area contributed by atoms with Gasteiger partial charge in [0.05, 0.1) is 12.1 Å². The van der Waals surface area contributed by atoms with Gasteiger partial charge in [-0.25, -0.2) is 14.1 Å². The maximum absolute atomic E-state index is 14.9. The van der Waals surface area contributed by atoms with Crippen molar-refractivity contribution in [3.05, 3.63) is 64.4 Å². The Morgan fingerprint density at radius 3 is 2.69 bits per heavy atom. The van der Waals surface area contributed by atoms with E-state index in [-0.39, 0.29) is 29.0 Å². The number of benzene rings is 1. The second kappa shape index (κ2) is 9.79. The number of fused-ring (bicyclic) bond motifs is 1. The van der Waals surface area contributed by atoms with Gasteiger partial charge in [-0.3, -0.25) is 9.48 Å². The number of carbonyl (C=O) groups excluding carboxylic acids is 1. The number of halogens is 1. The summed E-state index contributed by atoms with van der Waals surface area (Å²) in [7, 11) is 1.16. The van der Waals surface area contributed by atoms with Crippen LogP contribution in [0.3, 0.4) is 0 Å². The standard InChI is InChI=1S/C25H27FN6O3S/c1-15(31(2)3)23-13-25(29-32(23)4)36(34,35)30-24(33)12-21-18-6-5-7-19(18)22(26)11-20(21)16-8-9-28-17(10-16)14-27/h8-11,13,15H,5-7,12H2,1-4H3,(H,30,33). The molecule has 0 saturated heterocycles. The molecule has 1 atom stereocenters. The van der Waals surface area contributed by atoms with Crippen LogP contribution in [0, 0.1) is 17.1 Å². The van der Waals surface area contributed by atoms with E-state index in [4.69, 9.17) is 0 Å². The molecule has 0 bridgehead atoms. The fourth-order valence-corrected chi connectivity index (χ4v) is 5.54. The number of aryl methyl sites for hydroxylation is 1. The first-order chi connectivity index (χ1) is 17.0. The molecule has 0 radical (unpaired) electrons. The van der Waals surface area contributed by atoms with Crippen LogP contribution in [0.4, 0.5) is 4.39 Å². The molecule has 0 aliphatic heterocycles. The first-order valence-corrected chi connectivity index (χ1v) is 13.0. The Hall–Kier alpha value is -3.62. The van der Waals surface area contributed by atoms with Crippen molar-refractivity contribution >= 4 is 15.9 Å². The molecule has 9 nitrogen and oxygen atoms in total. The monoisotopic (exact) mass is 510 g/mol. The molecule has 1 aliphatic carbocycles. The predicted octanol–water partition coefficient (Wildman–Crippen LogP) is 2.65. The molecule has 36 heavy (non-hydrogen) atoms. The van der Waals surface area contributed by atoms with Crippen molar-refractivity contribution in [2.75, 3.05) is 14.1 Å². The average Bonchev–Trinajstić information content (AvgIpc) is 3.48. The minimum Gasteiger partial charge on any atom is -0.301 e. The lowest BCUT2D eigenvalue weighted by Gasteiger charge is -2.19. The Morgan fingerprint density at radius 1 is 1.28 bits per heavy atom. The van der Waals surface area contributed by atoms with Crippen molar-refractivity contribution in [2.45, 2.75) is 43.7 Å². The summed E-state index contributed by atoms with van der Waals surface area (Å²) in [6, 6.07) is 7.82.